The highest BCUT2D eigenvalue weighted by molar-refractivity contribution is 5.93. The molecule has 7 heteroatoms. The number of carbonyl (C=O) groups excluding carboxylic acids is 1. The molecule has 0 aliphatic carbocycles. The van der Waals surface area contributed by atoms with E-state index in [1.54, 1.807) is 19.2 Å². The van der Waals surface area contributed by atoms with Gasteiger partial charge in [0, 0.05) is 23.7 Å². The van der Waals surface area contributed by atoms with Crippen molar-refractivity contribution >= 4 is 5.91 Å². The van der Waals surface area contributed by atoms with E-state index >= 15 is 0 Å². The molecule has 0 bridgehead atoms. The molecule has 7 nitrogen and oxygen atoms in total. The smallest absolute Gasteiger partial charge is 0.248 e. The molecule has 0 spiro atoms. The highest BCUT2D eigenvalue weighted by Gasteiger charge is 2.25. The minimum atomic E-state index is -0.452. The average Bonchev–Trinajstić information content (AvgIpc) is 3.38. The number of benzene rings is 2. The Kier molecular flexibility index (Phi) is 5.08. The van der Waals surface area contributed by atoms with E-state index in [0.717, 1.165) is 35.7 Å². The Morgan fingerprint density at radius 3 is 2.79 bits per heavy atom. The van der Waals surface area contributed by atoms with Gasteiger partial charge in [-0.2, -0.15) is 5.10 Å². The van der Waals surface area contributed by atoms with Gasteiger partial charge in [0.25, 0.3) is 0 Å². The molecule has 1 unspecified atom stereocenters. The monoisotopic (exact) mass is 378 g/mol. The Morgan fingerprint density at radius 2 is 2.11 bits per heavy atom. The lowest BCUT2D eigenvalue weighted by atomic mass is 10.1. The fourth-order valence-electron chi connectivity index (χ4n) is 3.36. The number of ether oxygens (including phenoxy) is 2. The number of hydrogen-bond donors (Lipinski definition) is 1. The third-order valence-electron chi connectivity index (χ3n) is 4.89. The topological polar surface area (TPSA) is 92.3 Å². The van der Waals surface area contributed by atoms with Crippen molar-refractivity contribution in [2.75, 3.05) is 20.3 Å². The number of hydrogen-bond acceptors (Lipinski definition) is 5. The standard InChI is InChI=1S/C21H22N4O3/c1-27-18-4-2-3-14(11-18)12-25-21(17-9-10-28-13-17)23-20(24-25)16-7-5-15(6-8-16)19(22)26/h2-8,11,17H,9-10,12-13H2,1H3,(H2,22,26). The maximum Gasteiger partial charge on any atom is 0.248 e. The summed E-state index contributed by atoms with van der Waals surface area (Å²) in [5.41, 5.74) is 7.71. The number of rotatable bonds is 6. The van der Waals surface area contributed by atoms with Gasteiger partial charge < -0.3 is 15.2 Å². The van der Waals surface area contributed by atoms with Crippen LogP contribution in [0, 0.1) is 0 Å². The van der Waals surface area contributed by atoms with Crippen LogP contribution in [0.3, 0.4) is 0 Å². The second kappa shape index (κ2) is 7.82. The third-order valence-corrected chi connectivity index (χ3v) is 4.89. The predicted molar refractivity (Wildman–Crippen MR) is 104 cm³/mol. The van der Waals surface area contributed by atoms with E-state index in [4.69, 9.17) is 25.3 Å². The van der Waals surface area contributed by atoms with Crippen LogP contribution in [-0.4, -0.2) is 41.0 Å². The summed E-state index contributed by atoms with van der Waals surface area (Å²) in [6.07, 6.45) is 0.927. The predicted octanol–water partition coefficient (Wildman–Crippen LogP) is 2.60. The van der Waals surface area contributed by atoms with Crippen molar-refractivity contribution in [2.24, 2.45) is 5.73 Å². The molecule has 4 rings (SSSR count). The average molecular weight is 378 g/mol. The van der Waals surface area contributed by atoms with Crippen molar-refractivity contribution in [3.8, 4) is 17.1 Å². The summed E-state index contributed by atoms with van der Waals surface area (Å²) in [4.78, 5) is 16.1. The van der Waals surface area contributed by atoms with Crippen molar-refractivity contribution < 1.29 is 14.3 Å². The molecular formula is C21H22N4O3. The molecule has 144 valence electrons. The summed E-state index contributed by atoms with van der Waals surface area (Å²) in [6, 6.07) is 15.0. The zero-order valence-corrected chi connectivity index (χ0v) is 15.7. The summed E-state index contributed by atoms with van der Waals surface area (Å²) in [5, 5.41) is 4.74. The number of aromatic nitrogens is 3. The summed E-state index contributed by atoms with van der Waals surface area (Å²) in [5.74, 6) is 2.12. The second-order valence-corrected chi connectivity index (χ2v) is 6.80. The van der Waals surface area contributed by atoms with Gasteiger partial charge in [0.05, 0.1) is 20.3 Å². The van der Waals surface area contributed by atoms with Gasteiger partial charge in [0.15, 0.2) is 5.82 Å². The van der Waals surface area contributed by atoms with Crippen molar-refractivity contribution in [2.45, 2.75) is 18.9 Å². The van der Waals surface area contributed by atoms with Crippen molar-refractivity contribution in [1.29, 1.82) is 0 Å². The van der Waals surface area contributed by atoms with E-state index in [1.807, 2.05) is 41.1 Å². The lowest BCUT2D eigenvalue weighted by Gasteiger charge is -2.10. The molecule has 2 heterocycles. The molecule has 0 saturated carbocycles. The number of methoxy groups -OCH3 is 1. The summed E-state index contributed by atoms with van der Waals surface area (Å²) >= 11 is 0. The SMILES string of the molecule is COc1cccc(Cn2nc(-c3ccc(C(N)=O)cc3)nc2C2CCOC2)c1. The zero-order valence-electron chi connectivity index (χ0n) is 15.7. The first-order chi connectivity index (χ1) is 13.6. The molecule has 1 aliphatic heterocycles. The highest BCUT2D eigenvalue weighted by Crippen LogP contribution is 2.27. The van der Waals surface area contributed by atoms with Crippen molar-refractivity contribution in [3.05, 3.63) is 65.5 Å². The van der Waals surface area contributed by atoms with Crippen molar-refractivity contribution in [1.82, 2.24) is 14.8 Å². The van der Waals surface area contributed by atoms with Gasteiger partial charge in [0.2, 0.25) is 5.91 Å². The van der Waals surface area contributed by atoms with Crippen LogP contribution in [0.5, 0.6) is 5.75 Å². The number of amides is 1. The molecule has 1 fully saturated rings. The van der Waals surface area contributed by atoms with Gasteiger partial charge in [-0.1, -0.05) is 24.3 Å². The molecule has 3 aromatic rings. The Bertz CT molecular complexity index is 976. The maximum atomic E-state index is 11.3. The normalized spacial score (nSPS) is 16.2. The molecule has 2 N–H and O–H groups in total. The molecule has 2 aromatic carbocycles. The van der Waals surface area contributed by atoms with Crippen LogP contribution in [0.15, 0.2) is 48.5 Å². The Hall–Kier alpha value is -3.19. The minimum Gasteiger partial charge on any atom is -0.497 e. The maximum absolute atomic E-state index is 11.3. The van der Waals surface area contributed by atoms with E-state index in [0.29, 0.717) is 24.5 Å². The molecule has 1 saturated heterocycles. The molecule has 1 atom stereocenters. The van der Waals surface area contributed by atoms with Gasteiger partial charge in [-0.25, -0.2) is 9.67 Å². The Labute approximate surface area is 163 Å². The lowest BCUT2D eigenvalue weighted by molar-refractivity contribution is 0.100. The van der Waals surface area contributed by atoms with E-state index < -0.39 is 5.91 Å². The van der Waals surface area contributed by atoms with Crippen LogP contribution < -0.4 is 10.5 Å². The largest absolute Gasteiger partial charge is 0.497 e. The molecule has 0 radical (unpaired) electrons. The highest BCUT2D eigenvalue weighted by atomic mass is 16.5. The number of primary amides is 1. The zero-order chi connectivity index (χ0) is 19.5. The summed E-state index contributed by atoms with van der Waals surface area (Å²) < 4.78 is 12.8. The Morgan fingerprint density at radius 1 is 1.29 bits per heavy atom. The van der Waals surface area contributed by atoms with Crippen LogP contribution in [0.25, 0.3) is 11.4 Å². The first-order valence-corrected chi connectivity index (χ1v) is 9.19. The van der Waals surface area contributed by atoms with Crippen LogP contribution in [0.2, 0.25) is 0 Å². The second-order valence-electron chi connectivity index (χ2n) is 6.80. The third kappa shape index (κ3) is 3.75. The summed E-state index contributed by atoms with van der Waals surface area (Å²) in [7, 11) is 1.66. The van der Waals surface area contributed by atoms with Gasteiger partial charge in [-0.05, 0) is 36.2 Å². The summed E-state index contributed by atoms with van der Waals surface area (Å²) in [6.45, 7) is 1.98. The first-order valence-electron chi connectivity index (χ1n) is 9.19. The fourth-order valence-corrected chi connectivity index (χ4v) is 3.36. The minimum absolute atomic E-state index is 0.219. The number of nitrogens with two attached hydrogens (primary N) is 1. The van der Waals surface area contributed by atoms with Gasteiger partial charge in [-0.15, -0.1) is 0 Å². The lowest BCUT2D eigenvalue weighted by Crippen LogP contribution is -2.11. The van der Waals surface area contributed by atoms with E-state index in [-0.39, 0.29) is 5.92 Å². The van der Waals surface area contributed by atoms with Gasteiger partial charge in [0.1, 0.15) is 11.6 Å². The van der Waals surface area contributed by atoms with Crippen LogP contribution in [0.1, 0.15) is 34.1 Å². The van der Waals surface area contributed by atoms with E-state index in [9.17, 15) is 4.79 Å². The molecule has 1 aromatic heterocycles. The quantitative estimate of drug-likeness (QED) is 0.712. The van der Waals surface area contributed by atoms with Crippen LogP contribution >= 0.6 is 0 Å². The number of carbonyl (C=O) groups is 1. The molecule has 28 heavy (non-hydrogen) atoms. The molecular weight excluding hydrogens is 356 g/mol. The first kappa shape index (κ1) is 18.2. The van der Waals surface area contributed by atoms with E-state index in [2.05, 4.69) is 0 Å². The van der Waals surface area contributed by atoms with Gasteiger partial charge in [-0.3, -0.25) is 4.79 Å². The van der Waals surface area contributed by atoms with Crippen LogP contribution in [0.4, 0.5) is 0 Å². The van der Waals surface area contributed by atoms with Gasteiger partial charge >= 0.3 is 0 Å². The Balaban J connectivity index is 1.68. The molecule has 1 aliphatic rings. The van der Waals surface area contributed by atoms with Crippen molar-refractivity contribution in [3.63, 3.8) is 0 Å². The van der Waals surface area contributed by atoms with E-state index in [1.165, 1.54) is 0 Å². The fraction of sp³-hybridized carbons (Fsp3) is 0.286. The number of nitrogens with zero attached hydrogens (tertiary/aromatic N) is 3. The van der Waals surface area contributed by atoms with Crippen LogP contribution in [-0.2, 0) is 11.3 Å². The molecule has 1 amide bonds.